The van der Waals surface area contributed by atoms with Crippen molar-refractivity contribution in [3.63, 3.8) is 0 Å². The Morgan fingerprint density at radius 1 is 1.32 bits per heavy atom. The van der Waals surface area contributed by atoms with E-state index >= 15 is 0 Å². The van der Waals surface area contributed by atoms with Crippen LogP contribution in [0.25, 0.3) is 0 Å². The first-order valence-corrected chi connectivity index (χ1v) is 7.52. The van der Waals surface area contributed by atoms with Gasteiger partial charge in [-0.05, 0) is 19.1 Å². The van der Waals surface area contributed by atoms with Crippen molar-refractivity contribution in [1.29, 1.82) is 0 Å². The Morgan fingerprint density at radius 2 is 2.08 bits per heavy atom. The Bertz CT molecular complexity index is 805. The van der Waals surface area contributed by atoms with E-state index in [9.17, 15) is 20.0 Å². The lowest BCUT2D eigenvalue weighted by molar-refractivity contribution is -0.385. The average molecular weight is 343 g/mol. The first-order valence-electron chi connectivity index (χ1n) is 7.52. The highest BCUT2D eigenvalue weighted by Crippen LogP contribution is 2.28. The molecule has 0 radical (unpaired) electrons. The molecule has 0 fully saturated rings. The molecule has 0 aliphatic carbocycles. The van der Waals surface area contributed by atoms with Crippen molar-refractivity contribution in [2.24, 2.45) is 5.10 Å². The zero-order valence-electron chi connectivity index (χ0n) is 13.5. The number of hydrazone groups is 1. The number of hydrogen-bond donors (Lipinski definition) is 2. The van der Waals surface area contributed by atoms with Gasteiger partial charge in [-0.2, -0.15) is 5.10 Å². The average Bonchev–Trinajstić information content (AvgIpc) is 2.58. The van der Waals surface area contributed by atoms with Gasteiger partial charge in [-0.3, -0.25) is 14.9 Å². The van der Waals surface area contributed by atoms with Crippen LogP contribution >= 0.6 is 0 Å². The molecule has 2 aromatic rings. The van der Waals surface area contributed by atoms with E-state index in [1.807, 2.05) is 0 Å². The molecule has 0 spiro atoms. The van der Waals surface area contributed by atoms with Crippen molar-refractivity contribution in [1.82, 2.24) is 5.43 Å². The normalized spacial score (nSPS) is 10.6. The molecular formula is C17H17N3O5. The molecular weight excluding hydrogens is 326 g/mol. The van der Waals surface area contributed by atoms with Crippen LogP contribution in [-0.4, -0.2) is 28.8 Å². The van der Waals surface area contributed by atoms with E-state index in [-0.39, 0.29) is 17.9 Å². The van der Waals surface area contributed by atoms with Crippen LogP contribution in [-0.2, 0) is 11.2 Å². The summed E-state index contributed by atoms with van der Waals surface area (Å²) in [6, 6.07) is 10.9. The molecule has 0 aliphatic rings. The van der Waals surface area contributed by atoms with Gasteiger partial charge in [0.25, 0.3) is 5.69 Å². The van der Waals surface area contributed by atoms with Crippen LogP contribution in [0.3, 0.4) is 0 Å². The minimum atomic E-state index is -0.539. The maximum Gasteiger partial charge on any atom is 0.273 e. The third-order valence-corrected chi connectivity index (χ3v) is 3.26. The maximum absolute atomic E-state index is 11.9. The van der Waals surface area contributed by atoms with Crippen molar-refractivity contribution in [2.75, 3.05) is 6.61 Å². The number of nitro benzene ring substituents is 1. The molecule has 2 rings (SSSR count). The van der Waals surface area contributed by atoms with Crippen LogP contribution in [0, 0.1) is 10.1 Å². The van der Waals surface area contributed by atoms with Gasteiger partial charge in [0.1, 0.15) is 0 Å². The SMILES string of the molecule is CCOc1cccc(C=NNC(=O)Cc2ccccc2[N+](=O)[O-])c1O. The van der Waals surface area contributed by atoms with Crippen molar-refractivity contribution in [2.45, 2.75) is 13.3 Å². The van der Waals surface area contributed by atoms with E-state index < -0.39 is 10.8 Å². The number of carbonyl (C=O) groups excluding carboxylic acids is 1. The van der Waals surface area contributed by atoms with Gasteiger partial charge in [-0.15, -0.1) is 0 Å². The Hall–Kier alpha value is -3.42. The second kappa shape index (κ2) is 8.44. The van der Waals surface area contributed by atoms with Crippen molar-refractivity contribution in [3.8, 4) is 11.5 Å². The fourth-order valence-corrected chi connectivity index (χ4v) is 2.14. The first kappa shape index (κ1) is 17.9. The molecule has 25 heavy (non-hydrogen) atoms. The molecule has 2 aromatic carbocycles. The smallest absolute Gasteiger partial charge is 0.273 e. The third-order valence-electron chi connectivity index (χ3n) is 3.26. The van der Waals surface area contributed by atoms with E-state index in [1.165, 1.54) is 24.4 Å². The fourth-order valence-electron chi connectivity index (χ4n) is 2.14. The number of benzene rings is 2. The Labute approximate surface area is 143 Å². The number of ether oxygens (including phenoxy) is 1. The highest BCUT2D eigenvalue weighted by molar-refractivity contribution is 5.86. The van der Waals surface area contributed by atoms with Crippen LogP contribution in [0.1, 0.15) is 18.1 Å². The number of aromatic hydroxyl groups is 1. The summed E-state index contributed by atoms with van der Waals surface area (Å²) < 4.78 is 5.26. The molecule has 0 bridgehead atoms. The second-order valence-electron chi connectivity index (χ2n) is 4.98. The van der Waals surface area contributed by atoms with Crippen LogP contribution in [0.15, 0.2) is 47.6 Å². The summed E-state index contributed by atoms with van der Waals surface area (Å²) in [6.45, 7) is 2.20. The summed E-state index contributed by atoms with van der Waals surface area (Å²) >= 11 is 0. The molecule has 0 heterocycles. The summed E-state index contributed by atoms with van der Waals surface area (Å²) in [6.07, 6.45) is 1.09. The van der Waals surface area contributed by atoms with Gasteiger partial charge in [0.2, 0.25) is 5.91 Å². The molecule has 0 atom stereocenters. The summed E-state index contributed by atoms with van der Waals surface area (Å²) in [7, 11) is 0. The van der Waals surface area contributed by atoms with E-state index in [0.717, 1.165) is 0 Å². The monoisotopic (exact) mass is 343 g/mol. The number of phenols is 1. The van der Waals surface area contributed by atoms with Gasteiger partial charge in [-0.25, -0.2) is 5.43 Å². The number of amides is 1. The number of nitrogens with zero attached hydrogens (tertiary/aromatic N) is 2. The predicted octanol–water partition coefficient (Wildman–Crippen LogP) is 2.39. The Morgan fingerprint density at radius 3 is 2.80 bits per heavy atom. The summed E-state index contributed by atoms with van der Waals surface area (Å²) in [4.78, 5) is 22.3. The zero-order valence-corrected chi connectivity index (χ0v) is 13.5. The van der Waals surface area contributed by atoms with E-state index in [2.05, 4.69) is 10.5 Å². The highest BCUT2D eigenvalue weighted by atomic mass is 16.6. The molecule has 2 N–H and O–H groups in total. The topological polar surface area (TPSA) is 114 Å². The third kappa shape index (κ3) is 4.77. The standard InChI is InChI=1S/C17H17N3O5/c1-2-25-15-9-5-7-13(17(15)22)11-18-19-16(21)10-12-6-3-4-8-14(12)20(23)24/h3-9,11,22H,2,10H2,1H3,(H,19,21). The summed E-state index contributed by atoms with van der Waals surface area (Å²) in [5.41, 5.74) is 2.82. The molecule has 0 unspecified atom stereocenters. The molecule has 8 heteroatoms. The predicted molar refractivity (Wildman–Crippen MR) is 91.8 cm³/mol. The van der Waals surface area contributed by atoms with E-state index in [4.69, 9.17) is 4.74 Å². The van der Waals surface area contributed by atoms with Crippen LogP contribution in [0.2, 0.25) is 0 Å². The van der Waals surface area contributed by atoms with Crippen molar-refractivity contribution >= 4 is 17.8 Å². The largest absolute Gasteiger partial charge is 0.504 e. The molecule has 0 aliphatic heterocycles. The molecule has 0 saturated heterocycles. The summed E-state index contributed by atoms with van der Waals surface area (Å²) in [5, 5.41) is 24.7. The van der Waals surface area contributed by atoms with Gasteiger partial charge in [0.15, 0.2) is 11.5 Å². The van der Waals surface area contributed by atoms with Crippen molar-refractivity contribution in [3.05, 3.63) is 63.7 Å². The van der Waals surface area contributed by atoms with Gasteiger partial charge in [-0.1, -0.05) is 24.3 Å². The Balaban J connectivity index is 2.02. The number of nitrogens with one attached hydrogen (secondary N) is 1. The lowest BCUT2D eigenvalue weighted by atomic mass is 10.1. The fraction of sp³-hybridized carbons (Fsp3) is 0.176. The zero-order chi connectivity index (χ0) is 18.2. The van der Waals surface area contributed by atoms with E-state index in [1.54, 1.807) is 31.2 Å². The number of phenolic OH excluding ortho intramolecular Hbond substituents is 1. The molecule has 8 nitrogen and oxygen atoms in total. The van der Waals surface area contributed by atoms with Crippen molar-refractivity contribution < 1.29 is 19.6 Å². The quantitative estimate of drug-likeness (QED) is 0.455. The summed E-state index contributed by atoms with van der Waals surface area (Å²) in [5.74, 6) is -0.273. The number of hydrogen-bond acceptors (Lipinski definition) is 6. The lowest BCUT2D eigenvalue weighted by Gasteiger charge is -2.07. The second-order valence-corrected chi connectivity index (χ2v) is 4.98. The minimum Gasteiger partial charge on any atom is -0.504 e. The number of carbonyl (C=O) groups is 1. The molecule has 0 aromatic heterocycles. The highest BCUT2D eigenvalue weighted by Gasteiger charge is 2.15. The van der Waals surface area contributed by atoms with Gasteiger partial charge in [0.05, 0.1) is 24.2 Å². The van der Waals surface area contributed by atoms with Crippen LogP contribution in [0.5, 0.6) is 11.5 Å². The lowest BCUT2D eigenvalue weighted by Crippen LogP contribution is -2.20. The van der Waals surface area contributed by atoms with Crippen LogP contribution in [0.4, 0.5) is 5.69 Å². The van der Waals surface area contributed by atoms with Gasteiger partial charge in [0, 0.05) is 17.2 Å². The molecule has 0 saturated carbocycles. The van der Waals surface area contributed by atoms with Gasteiger partial charge < -0.3 is 9.84 Å². The molecule has 1 amide bonds. The number of rotatable bonds is 7. The minimum absolute atomic E-state index is 0.0824. The maximum atomic E-state index is 11.9. The van der Waals surface area contributed by atoms with Crippen LogP contribution < -0.4 is 10.2 Å². The molecule has 130 valence electrons. The first-order chi connectivity index (χ1) is 12.0. The number of nitro groups is 1. The van der Waals surface area contributed by atoms with E-state index in [0.29, 0.717) is 23.5 Å². The number of para-hydroxylation sites is 2. The van der Waals surface area contributed by atoms with Gasteiger partial charge >= 0.3 is 0 Å². The Kier molecular flexibility index (Phi) is 6.05.